The Bertz CT molecular complexity index is 1100. The first-order valence-corrected chi connectivity index (χ1v) is 7.53. The van der Waals surface area contributed by atoms with Crippen LogP contribution in [0, 0.1) is 5.82 Å². The van der Waals surface area contributed by atoms with Crippen molar-refractivity contribution in [2.24, 2.45) is 12.0 Å². The number of aliphatic imine (C=N–C) groups is 1. The van der Waals surface area contributed by atoms with E-state index in [2.05, 4.69) is 39.0 Å². The predicted octanol–water partition coefficient (Wildman–Crippen LogP) is 1.28. The monoisotopic (exact) mass is 324 g/mol. The maximum Gasteiger partial charge on any atom is 0.133 e. The van der Waals surface area contributed by atoms with Crippen LogP contribution in [0.4, 0.5) is 15.9 Å². The predicted molar refractivity (Wildman–Crippen MR) is 95.2 cm³/mol. The molecule has 4 rings (SSSR count). The highest BCUT2D eigenvalue weighted by molar-refractivity contribution is 5.97. The van der Waals surface area contributed by atoms with Crippen molar-refractivity contribution in [2.75, 3.05) is 17.7 Å². The van der Waals surface area contributed by atoms with Crippen molar-refractivity contribution in [2.45, 2.75) is 6.54 Å². The molecule has 3 heterocycles. The van der Waals surface area contributed by atoms with Gasteiger partial charge in [0.2, 0.25) is 0 Å². The number of rotatable bonds is 2. The molecule has 3 N–H and O–H groups in total. The lowest BCUT2D eigenvalue weighted by molar-refractivity contribution is 0.615. The van der Waals surface area contributed by atoms with E-state index in [0.717, 1.165) is 27.5 Å². The second-order valence-electron chi connectivity index (χ2n) is 5.75. The molecule has 1 aromatic carbocycles. The summed E-state index contributed by atoms with van der Waals surface area (Å²) >= 11 is 0. The van der Waals surface area contributed by atoms with Gasteiger partial charge in [0.1, 0.15) is 11.6 Å². The number of H-pyrrole nitrogens is 1. The summed E-state index contributed by atoms with van der Waals surface area (Å²) in [7, 11) is 3.59. The van der Waals surface area contributed by atoms with Crippen molar-refractivity contribution in [3.8, 4) is 0 Å². The van der Waals surface area contributed by atoms with Crippen molar-refractivity contribution >= 4 is 41.4 Å². The van der Waals surface area contributed by atoms with E-state index in [4.69, 9.17) is 0 Å². The molecule has 24 heavy (non-hydrogen) atoms. The molecule has 0 bridgehead atoms. The van der Waals surface area contributed by atoms with E-state index < -0.39 is 0 Å². The topological polar surface area (TPSA) is 70.0 Å². The van der Waals surface area contributed by atoms with Gasteiger partial charge < -0.3 is 15.6 Å². The number of nitrogens with zero attached hydrogens (tertiary/aromatic N) is 3. The molecular formula is C17H17FN6. The minimum atomic E-state index is -0.284. The minimum absolute atomic E-state index is 0.284. The number of halogens is 1. The molecule has 0 radical (unpaired) electrons. The summed E-state index contributed by atoms with van der Waals surface area (Å²) in [5, 5.41) is 12.8. The molecular weight excluding hydrogens is 307 g/mol. The van der Waals surface area contributed by atoms with Crippen molar-refractivity contribution < 1.29 is 4.39 Å². The zero-order valence-electron chi connectivity index (χ0n) is 13.5. The molecule has 2 aromatic heterocycles. The van der Waals surface area contributed by atoms with Crippen molar-refractivity contribution in [3.05, 3.63) is 39.8 Å². The maximum absolute atomic E-state index is 14.7. The highest BCUT2D eigenvalue weighted by atomic mass is 19.1. The Hall–Kier alpha value is -3.09. The summed E-state index contributed by atoms with van der Waals surface area (Å²) in [6.07, 6.45) is 1.73. The molecule has 0 atom stereocenters. The normalized spacial score (nSPS) is 13.2. The molecule has 6 nitrogen and oxygen atoms in total. The third-order valence-electron chi connectivity index (χ3n) is 4.50. The van der Waals surface area contributed by atoms with Crippen LogP contribution in [0.5, 0.6) is 0 Å². The molecule has 0 aliphatic carbocycles. The molecule has 122 valence electrons. The lowest BCUT2D eigenvalue weighted by Crippen LogP contribution is -2.26. The van der Waals surface area contributed by atoms with E-state index in [9.17, 15) is 4.39 Å². The number of aromatic nitrogens is 3. The Kier molecular flexibility index (Phi) is 2.99. The summed E-state index contributed by atoms with van der Waals surface area (Å²) in [4.78, 5) is 7.48. The number of aromatic amines is 1. The van der Waals surface area contributed by atoms with Crippen molar-refractivity contribution in [1.82, 2.24) is 14.8 Å². The lowest BCUT2D eigenvalue weighted by Gasteiger charge is -2.16. The SMILES string of the molecule is C=NC1=c2c(=C)[nH]c3c(NC)cc(F)c(c23)CNc2c1cnn2C. The van der Waals surface area contributed by atoms with Crippen LogP contribution in [0.25, 0.3) is 23.2 Å². The first-order valence-electron chi connectivity index (χ1n) is 7.53. The van der Waals surface area contributed by atoms with Crippen LogP contribution in [0.1, 0.15) is 11.1 Å². The molecule has 0 spiro atoms. The molecule has 7 heteroatoms. The van der Waals surface area contributed by atoms with Crippen LogP contribution < -0.4 is 21.2 Å². The van der Waals surface area contributed by atoms with Crippen LogP contribution in [0.3, 0.4) is 0 Å². The molecule has 3 aromatic rings. The van der Waals surface area contributed by atoms with Gasteiger partial charge >= 0.3 is 0 Å². The van der Waals surface area contributed by atoms with Crippen LogP contribution in [-0.2, 0) is 13.6 Å². The van der Waals surface area contributed by atoms with Gasteiger partial charge in [-0.3, -0.25) is 9.67 Å². The Morgan fingerprint density at radius 2 is 2.25 bits per heavy atom. The molecule has 0 saturated heterocycles. The van der Waals surface area contributed by atoms with E-state index in [1.54, 1.807) is 17.9 Å². The zero-order chi connectivity index (χ0) is 17.0. The largest absolute Gasteiger partial charge is 0.386 e. The fraction of sp³-hybridized carbons (Fsp3) is 0.176. The van der Waals surface area contributed by atoms with E-state index >= 15 is 0 Å². The second kappa shape index (κ2) is 4.95. The maximum atomic E-state index is 14.7. The molecule has 0 amide bonds. The lowest BCUT2D eigenvalue weighted by atomic mass is 10.0. The fourth-order valence-electron chi connectivity index (χ4n) is 3.38. The van der Waals surface area contributed by atoms with Gasteiger partial charge in [-0.05, 0) is 12.8 Å². The van der Waals surface area contributed by atoms with Gasteiger partial charge in [-0.25, -0.2) is 4.39 Å². The van der Waals surface area contributed by atoms with Gasteiger partial charge in [-0.2, -0.15) is 5.10 Å². The Morgan fingerprint density at radius 3 is 2.96 bits per heavy atom. The Morgan fingerprint density at radius 1 is 1.46 bits per heavy atom. The first kappa shape index (κ1) is 14.5. The van der Waals surface area contributed by atoms with Crippen molar-refractivity contribution in [3.63, 3.8) is 0 Å². The number of nitrogens with one attached hydrogen (secondary N) is 3. The number of hydrogen-bond donors (Lipinski definition) is 3. The summed E-state index contributed by atoms with van der Waals surface area (Å²) < 4.78 is 16.5. The minimum Gasteiger partial charge on any atom is -0.386 e. The second-order valence-corrected chi connectivity index (χ2v) is 5.75. The summed E-state index contributed by atoms with van der Waals surface area (Å²) in [5.41, 5.74) is 3.51. The number of aryl methyl sites for hydroxylation is 1. The molecule has 0 unspecified atom stereocenters. The molecule has 1 aliphatic heterocycles. The highest BCUT2D eigenvalue weighted by Gasteiger charge is 2.22. The van der Waals surface area contributed by atoms with Gasteiger partial charge in [-0.15, -0.1) is 0 Å². The summed E-state index contributed by atoms with van der Waals surface area (Å²) in [6, 6.07) is 1.49. The van der Waals surface area contributed by atoms with E-state index in [-0.39, 0.29) is 5.82 Å². The van der Waals surface area contributed by atoms with E-state index in [1.165, 1.54) is 6.07 Å². The van der Waals surface area contributed by atoms with Crippen LogP contribution in [0.2, 0.25) is 0 Å². The summed E-state index contributed by atoms with van der Waals surface area (Å²) in [6.45, 7) is 8.15. The third-order valence-corrected chi connectivity index (χ3v) is 4.50. The standard InChI is InChI=1S/C17H17FN6/c1-8-13-14-9(11(18)5-12(19-2)16(14)23-8)6-21-17-10(15(13)20-3)7-22-24(17)4/h5,7,19,21,23H,1,3,6H2,2,4H3. The van der Waals surface area contributed by atoms with Crippen LogP contribution >= 0.6 is 0 Å². The van der Waals surface area contributed by atoms with Gasteiger partial charge in [0.15, 0.2) is 0 Å². The number of hydrogen-bond acceptors (Lipinski definition) is 4. The van der Waals surface area contributed by atoms with Crippen molar-refractivity contribution in [1.29, 1.82) is 0 Å². The third kappa shape index (κ3) is 1.75. The summed E-state index contributed by atoms with van der Waals surface area (Å²) in [5.74, 6) is 0.488. The van der Waals surface area contributed by atoms with Crippen LogP contribution in [0.15, 0.2) is 17.3 Å². The van der Waals surface area contributed by atoms with Gasteiger partial charge in [0.25, 0.3) is 0 Å². The van der Waals surface area contributed by atoms with Gasteiger partial charge in [0, 0.05) is 42.2 Å². The van der Waals surface area contributed by atoms with Gasteiger partial charge in [0.05, 0.1) is 28.7 Å². The number of fused-ring (bicyclic) bond motifs is 1. The fourth-order valence-corrected chi connectivity index (χ4v) is 3.38. The Balaban J connectivity index is 2.31. The number of benzene rings is 1. The highest BCUT2D eigenvalue weighted by Crippen LogP contribution is 2.30. The zero-order valence-corrected chi connectivity index (χ0v) is 13.5. The smallest absolute Gasteiger partial charge is 0.133 e. The van der Waals surface area contributed by atoms with E-state index in [0.29, 0.717) is 28.8 Å². The molecule has 0 fully saturated rings. The average molecular weight is 324 g/mol. The van der Waals surface area contributed by atoms with Gasteiger partial charge in [-0.1, -0.05) is 6.58 Å². The first-order chi connectivity index (χ1) is 11.6. The van der Waals surface area contributed by atoms with E-state index in [1.807, 2.05) is 7.05 Å². The average Bonchev–Trinajstić information content (AvgIpc) is 3.06. The van der Waals surface area contributed by atoms with Crippen LogP contribution in [-0.4, -0.2) is 28.5 Å². The quantitative estimate of drug-likeness (QED) is 0.622. The number of anilines is 2. The molecule has 0 saturated carbocycles. The Labute approximate surface area is 137 Å². The molecule has 1 aliphatic rings.